The molecule has 1 aliphatic heterocycles. The molecule has 2 bridgehead atoms. The number of hydrogen-bond acceptors (Lipinski definition) is 4. The summed E-state index contributed by atoms with van der Waals surface area (Å²) in [6, 6.07) is 6.42. The highest BCUT2D eigenvalue weighted by Gasteiger charge is 2.68. The van der Waals surface area contributed by atoms with Gasteiger partial charge >= 0.3 is 0 Å². The van der Waals surface area contributed by atoms with E-state index in [0.717, 1.165) is 36.5 Å². The van der Waals surface area contributed by atoms with Crippen LogP contribution in [0.2, 0.25) is 0 Å². The zero-order chi connectivity index (χ0) is 21.7. The van der Waals surface area contributed by atoms with Gasteiger partial charge in [-0.3, -0.25) is 4.79 Å². The molecule has 1 spiro atoms. The molecule has 1 heterocycles. The number of hydrogen-bond donors (Lipinski definition) is 1. The maximum absolute atomic E-state index is 12.4. The molecule has 1 amide bonds. The number of fused-ring (bicyclic) bond motifs is 1. The second-order valence-electron chi connectivity index (χ2n) is 10.3. The van der Waals surface area contributed by atoms with E-state index in [4.69, 9.17) is 14.2 Å². The number of amides is 1. The van der Waals surface area contributed by atoms with Gasteiger partial charge in [0.15, 0.2) is 11.5 Å². The van der Waals surface area contributed by atoms with Crippen LogP contribution in [0.25, 0.3) is 0 Å². The van der Waals surface area contributed by atoms with E-state index < -0.39 is 0 Å². The van der Waals surface area contributed by atoms with Gasteiger partial charge in [0.25, 0.3) is 0 Å². The number of rotatable bonds is 6. The lowest BCUT2D eigenvalue weighted by Crippen LogP contribution is -2.58. The van der Waals surface area contributed by atoms with E-state index in [1.807, 2.05) is 26.8 Å². The maximum atomic E-state index is 12.4. The first-order valence-corrected chi connectivity index (χ1v) is 11.5. The lowest BCUT2D eigenvalue weighted by Gasteiger charge is -2.53. The van der Waals surface area contributed by atoms with Crippen molar-refractivity contribution in [2.75, 3.05) is 13.7 Å². The molecular weight excluding hydrogens is 378 g/mol. The van der Waals surface area contributed by atoms with Crippen molar-refractivity contribution >= 4 is 5.91 Å². The Bertz CT molecular complexity index is 804. The molecule has 3 fully saturated rings. The zero-order valence-corrected chi connectivity index (χ0v) is 19.3. The average Bonchev–Trinajstić information content (AvgIpc) is 3.20. The Kier molecular flexibility index (Phi) is 5.54. The van der Waals surface area contributed by atoms with Gasteiger partial charge in [-0.25, -0.2) is 0 Å². The van der Waals surface area contributed by atoms with Crippen molar-refractivity contribution in [1.82, 2.24) is 5.32 Å². The number of benzene rings is 1. The van der Waals surface area contributed by atoms with E-state index in [2.05, 4.69) is 31.3 Å². The normalized spacial score (nSPS) is 34.0. The summed E-state index contributed by atoms with van der Waals surface area (Å²) in [5, 5.41) is 3.43. The Balaban J connectivity index is 1.66. The molecular formula is C25H37NO4. The Labute approximate surface area is 180 Å². The third-order valence-electron chi connectivity index (χ3n) is 8.01. The first-order chi connectivity index (χ1) is 14.2. The Hall–Kier alpha value is -1.75. The topological polar surface area (TPSA) is 56.8 Å². The van der Waals surface area contributed by atoms with Crippen molar-refractivity contribution < 1.29 is 19.0 Å². The molecule has 0 unspecified atom stereocenters. The minimum Gasteiger partial charge on any atom is -0.493 e. The van der Waals surface area contributed by atoms with Gasteiger partial charge < -0.3 is 19.5 Å². The Morgan fingerprint density at radius 1 is 1.30 bits per heavy atom. The van der Waals surface area contributed by atoms with Gasteiger partial charge in [0.2, 0.25) is 5.91 Å². The highest BCUT2D eigenvalue weighted by molar-refractivity contribution is 5.76. The minimum absolute atomic E-state index is 0.0304. The number of ether oxygens (including phenoxy) is 3. The smallest absolute Gasteiger partial charge is 0.219 e. The van der Waals surface area contributed by atoms with Gasteiger partial charge in [0.05, 0.1) is 19.3 Å². The van der Waals surface area contributed by atoms with Gasteiger partial charge in [-0.1, -0.05) is 26.8 Å². The van der Waals surface area contributed by atoms with E-state index in [0.29, 0.717) is 18.3 Å². The molecule has 3 aliphatic rings. The van der Waals surface area contributed by atoms with E-state index in [9.17, 15) is 4.79 Å². The molecule has 0 aromatic heterocycles. The number of nitrogens with one attached hydrogen (secondary N) is 1. The molecule has 1 aromatic carbocycles. The van der Waals surface area contributed by atoms with E-state index in [1.54, 1.807) is 7.11 Å². The fourth-order valence-corrected chi connectivity index (χ4v) is 6.59. The van der Waals surface area contributed by atoms with Crippen molar-refractivity contribution in [3.8, 4) is 11.5 Å². The number of carbonyl (C=O) groups is 1. The molecule has 30 heavy (non-hydrogen) atoms. The lowest BCUT2D eigenvalue weighted by molar-refractivity contribution is -0.137. The maximum Gasteiger partial charge on any atom is 0.219 e. The van der Waals surface area contributed by atoms with Crippen molar-refractivity contribution in [2.24, 2.45) is 22.7 Å². The fraction of sp³-hybridized carbons (Fsp3) is 0.720. The van der Waals surface area contributed by atoms with Crippen LogP contribution in [-0.4, -0.2) is 31.8 Å². The first-order valence-electron chi connectivity index (χ1n) is 11.5. The largest absolute Gasteiger partial charge is 0.493 e. The highest BCUT2D eigenvalue weighted by atomic mass is 16.5. The molecule has 1 aromatic rings. The zero-order valence-electron chi connectivity index (χ0n) is 19.3. The molecule has 5 heteroatoms. The summed E-state index contributed by atoms with van der Waals surface area (Å²) in [6.07, 6.45) is 4.02. The van der Waals surface area contributed by atoms with Crippen LogP contribution in [0.1, 0.15) is 72.0 Å². The predicted molar refractivity (Wildman–Crippen MR) is 117 cm³/mol. The Morgan fingerprint density at radius 3 is 2.73 bits per heavy atom. The van der Waals surface area contributed by atoms with Gasteiger partial charge in [-0.2, -0.15) is 0 Å². The monoisotopic (exact) mass is 415 g/mol. The second kappa shape index (κ2) is 7.74. The van der Waals surface area contributed by atoms with Crippen LogP contribution in [0.3, 0.4) is 0 Å². The predicted octanol–water partition coefficient (Wildman–Crippen LogP) is 4.89. The van der Waals surface area contributed by atoms with Crippen LogP contribution in [0.5, 0.6) is 11.5 Å². The van der Waals surface area contributed by atoms with Gasteiger partial charge in [0, 0.05) is 19.1 Å². The molecule has 4 rings (SSSR count). The summed E-state index contributed by atoms with van der Waals surface area (Å²) in [5.74, 6) is 2.70. The molecule has 2 aliphatic carbocycles. The minimum atomic E-state index is 0.0304. The van der Waals surface area contributed by atoms with Crippen LogP contribution in [0.4, 0.5) is 0 Å². The molecule has 1 saturated heterocycles. The number of methoxy groups -OCH3 is 1. The highest BCUT2D eigenvalue weighted by Crippen LogP contribution is 2.70. The molecule has 166 valence electrons. The first kappa shape index (κ1) is 21.5. The number of carbonyl (C=O) groups excluding carboxylic acids is 1. The van der Waals surface area contributed by atoms with Crippen LogP contribution >= 0.6 is 0 Å². The average molecular weight is 416 g/mol. The Morgan fingerprint density at radius 2 is 2.07 bits per heavy atom. The summed E-state index contributed by atoms with van der Waals surface area (Å²) >= 11 is 0. The van der Waals surface area contributed by atoms with Gasteiger partial charge in [0.1, 0.15) is 0 Å². The molecule has 5 nitrogen and oxygen atoms in total. The summed E-state index contributed by atoms with van der Waals surface area (Å²) < 4.78 is 17.9. The van der Waals surface area contributed by atoms with E-state index >= 15 is 0 Å². The van der Waals surface area contributed by atoms with Crippen molar-refractivity contribution in [2.45, 2.75) is 78.6 Å². The quantitative estimate of drug-likeness (QED) is 0.719. The van der Waals surface area contributed by atoms with Gasteiger partial charge in [-0.15, -0.1) is 0 Å². The SMILES string of the molecule is CCC(=O)N[C@@H]1C(C)(C)[C@@H]2C[C@@H]3[C@@H](c4ccc(OC(C)C)c(OC)c4)OCC[C@@]31C2. The molecule has 1 N–H and O–H groups in total. The third-order valence-corrected chi connectivity index (χ3v) is 8.01. The van der Waals surface area contributed by atoms with E-state index in [1.165, 1.54) is 6.42 Å². The lowest BCUT2D eigenvalue weighted by atomic mass is 9.59. The summed E-state index contributed by atoms with van der Waals surface area (Å²) in [6.45, 7) is 11.4. The van der Waals surface area contributed by atoms with Crippen LogP contribution in [0.15, 0.2) is 18.2 Å². The second-order valence-corrected chi connectivity index (χ2v) is 10.3. The molecule has 0 radical (unpaired) electrons. The third kappa shape index (κ3) is 3.30. The van der Waals surface area contributed by atoms with E-state index in [-0.39, 0.29) is 35.0 Å². The van der Waals surface area contributed by atoms with Crippen LogP contribution in [0, 0.1) is 22.7 Å². The summed E-state index contributed by atoms with van der Waals surface area (Å²) in [7, 11) is 1.69. The molecule has 2 saturated carbocycles. The van der Waals surface area contributed by atoms with Crippen LogP contribution < -0.4 is 14.8 Å². The van der Waals surface area contributed by atoms with Gasteiger partial charge in [-0.05, 0) is 73.5 Å². The fourth-order valence-electron chi connectivity index (χ4n) is 6.59. The summed E-state index contributed by atoms with van der Waals surface area (Å²) in [5.41, 5.74) is 1.39. The van der Waals surface area contributed by atoms with Crippen molar-refractivity contribution in [3.05, 3.63) is 23.8 Å². The standard InChI is InChI=1S/C25H37NO4/c1-7-21(27)26-23-24(4,5)17-13-18-22(29-11-10-25(18,23)14-17)16-8-9-19(30-15(2)3)20(12-16)28-6/h8-9,12,15,17-18,22-23H,7,10-11,13-14H2,1-6H3,(H,26,27)/t17-,18-,22-,23-,25-/m1/s1. The van der Waals surface area contributed by atoms with Crippen molar-refractivity contribution in [1.29, 1.82) is 0 Å². The molecule has 5 atom stereocenters. The van der Waals surface area contributed by atoms with Crippen LogP contribution in [-0.2, 0) is 9.53 Å². The summed E-state index contributed by atoms with van der Waals surface area (Å²) in [4.78, 5) is 12.4. The van der Waals surface area contributed by atoms with Crippen molar-refractivity contribution in [3.63, 3.8) is 0 Å².